The Morgan fingerprint density at radius 1 is 1.18 bits per heavy atom. The molecule has 0 atom stereocenters. The van der Waals surface area contributed by atoms with E-state index in [1.54, 1.807) is 7.11 Å². The molecule has 2 aromatic heterocycles. The number of carbonyl (C=O) groups excluding carboxylic acids is 1. The second kappa shape index (κ2) is 7.19. The molecular weight excluding hydrogens is 354 g/mol. The third kappa shape index (κ3) is 3.34. The number of hydrogen-bond donors (Lipinski definition) is 1. The van der Waals surface area contributed by atoms with Crippen molar-refractivity contribution in [2.24, 2.45) is 0 Å². The molecule has 0 unspecified atom stereocenters. The number of para-hydroxylation sites is 1. The lowest BCUT2D eigenvalue weighted by molar-refractivity contribution is -0.114. The van der Waals surface area contributed by atoms with Crippen molar-refractivity contribution in [2.45, 2.75) is 6.92 Å². The molecule has 1 amide bonds. The third-order valence-corrected chi connectivity index (χ3v) is 4.52. The van der Waals surface area contributed by atoms with Gasteiger partial charge in [-0.1, -0.05) is 12.1 Å². The highest BCUT2D eigenvalue weighted by atomic mass is 16.5. The minimum absolute atomic E-state index is 0.122. The van der Waals surface area contributed by atoms with Crippen LogP contribution in [0.4, 0.5) is 11.5 Å². The first kappa shape index (κ1) is 17.8. The van der Waals surface area contributed by atoms with Crippen LogP contribution in [-0.4, -0.2) is 41.2 Å². The second-order valence-corrected chi connectivity index (χ2v) is 6.64. The van der Waals surface area contributed by atoms with Gasteiger partial charge >= 0.3 is 0 Å². The molecule has 2 heterocycles. The normalized spacial score (nSPS) is 11.0. The standard InChI is InChI=1S/C21H21N5O2/c1-14-12-19-23-21(17-6-4-5-7-18(17)26(19)24-14)25(2)13-20(27)22-15-8-10-16(28-3)11-9-15/h4-12H,13H2,1-3H3,(H,22,27). The molecule has 0 aliphatic carbocycles. The maximum atomic E-state index is 12.5. The molecule has 142 valence electrons. The predicted octanol–water partition coefficient (Wildman–Crippen LogP) is 3.27. The lowest BCUT2D eigenvalue weighted by atomic mass is 10.2. The van der Waals surface area contributed by atoms with Crippen molar-refractivity contribution in [3.63, 3.8) is 0 Å². The minimum Gasteiger partial charge on any atom is -0.497 e. The third-order valence-electron chi connectivity index (χ3n) is 4.52. The summed E-state index contributed by atoms with van der Waals surface area (Å²) in [4.78, 5) is 19.1. The van der Waals surface area contributed by atoms with Gasteiger partial charge in [0.1, 0.15) is 11.6 Å². The lowest BCUT2D eigenvalue weighted by Crippen LogP contribution is -2.31. The summed E-state index contributed by atoms with van der Waals surface area (Å²) in [5.41, 5.74) is 3.33. The number of nitrogens with zero attached hydrogens (tertiary/aromatic N) is 4. The van der Waals surface area contributed by atoms with E-state index in [4.69, 9.17) is 9.72 Å². The molecule has 4 aromatic rings. The summed E-state index contributed by atoms with van der Waals surface area (Å²) in [6.45, 7) is 2.11. The Morgan fingerprint density at radius 2 is 1.93 bits per heavy atom. The number of fused-ring (bicyclic) bond motifs is 3. The summed E-state index contributed by atoms with van der Waals surface area (Å²) in [5.74, 6) is 1.37. The Morgan fingerprint density at radius 3 is 2.68 bits per heavy atom. The van der Waals surface area contributed by atoms with Crippen molar-refractivity contribution < 1.29 is 9.53 Å². The molecule has 2 aromatic carbocycles. The fourth-order valence-electron chi connectivity index (χ4n) is 3.22. The van der Waals surface area contributed by atoms with Crippen LogP contribution >= 0.6 is 0 Å². The van der Waals surface area contributed by atoms with E-state index in [0.29, 0.717) is 0 Å². The Hall–Kier alpha value is -3.61. The molecule has 0 spiro atoms. The first-order chi connectivity index (χ1) is 13.5. The quantitative estimate of drug-likeness (QED) is 0.580. The van der Waals surface area contributed by atoms with Gasteiger partial charge in [-0.2, -0.15) is 5.10 Å². The van der Waals surface area contributed by atoms with E-state index in [0.717, 1.165) is 39.5 Å². The van der Waals surface area contributed by atoms with Crippen LogP contribution in [-0.2, 0) is 4.79 Å². The molecule has 0 aliphatic heterocycles. The largest absolute Gasteiger partial charge is 0.497 e. The van der Waals surface area contributed by atoms with E-state index in [-0.39, 0.29) is 12.5 Å². The number of methoxy groups -OCH3 is 1. The number of amides is 1. The van der Waals surface area contributed by atoms with Crippen molar-refractivity contribution in [1.82, 2.24) is 14.6 Å². The average Bonchev–Trinajstić information content (AvgIpc) is 3.08. The van der Waals surface area contributed by atoms with Gasteiger partial charge in [0.15, 0.2) is 5.65 Å². The number of hydrogen-bond acceptors (Lipinski definition) is 5. The van der Waals surface area contributed by atoms with Gasteiger partial charge in [-0.25, -0.2) is 9.50 Å². The van der Waals surface area contributed by atoms with Crippen molar-refractivity contribution in [2.75, 3.05) is 30.9 Å². The molecule has 0 radical (unpaired) electrons. The van der Waals surface area contributed by atoms with Crippen LogP contribution < -0.4 is 15.0 Å². The lowest BCUT2D eigenvalue weighted by Gasteiger charge is -2.20. The van der Waals surface area contributed by atoms with Gasteiger partial charge in [-0.3, -0.25) is 4.79 Å². The van der Waals surface area contributed by atoms with Crippen molar-refractivity contribution in [3.8, 4) is 5.75 Å². The van der Waals surface area contributed by atoms with Gasteiger partial charge < -0.3 is 15.0 Å². The number of carbonyl (C=O) groups is 1. The van der Waals surface area contributed by atoms with Crippen LogP contribution in [0.3, 0.4) is 0 Å². The predicted molar refractivity (Wildman–Crippen MR) is 110 cm³/mol. The second-order valence-electron chi connectivity index (χ2n) is 6.64. The smallest absolute Gasteiger partial charge is 0.243 e. The summed E-state index contributed by atoms with van der Waals surface area (Å²) in [7, 11) is 3.47. The summed E-state index contributed by atoms with van der Waals surface area (Å²) >= 11 is 0. The molecule has 1 N–H and O–H groups in total. The number of benzene rings is 2. The van der Waals surface area contributed by atoms with Crippen molar-refractivity contribution in [1.29, 1.82) is 0 Å². The molecule has 7 heteroatoms. The van der Waals surface area contributed by atoms with E-state index >= 15 is 0 Å². The fourth-order valence-corrected chi connectivity index (χ4v) is 3.22. The minimum atomic E-state index is -0.122. The van der Waals surface area contributed by atoms with Gasteiger partial charge in [-0.15, -0.1) is 0 Å². The summed E-state index contributed by atoms with van der Waals surface area (Å²) in [6.07, 6.45) is 0. The number of anilines is 2. The van der Waals surface area contributed by atoms with Crippen LogP contribution in [0.15, 0.2) is 54.6 Å². The first-order valence-electron chi connectivity index (χ1n) is 8.95. The van der Waals surface area contributed by atoms with Crippen LogP contribution in [0.25, 0.3) is 16.6 Å². The summed E-state index contributed by atoms with van der Waals surface area (Å²) in [5, 5.41) is 8.36. The summed E-state index contributed by atoms with van der Waals surface area (Å²) in [6, 6.07) is 17.1. The van der Waals surface area contributed by atoms with Crippen LogP contribution in [0.1, 0.15) is 5.69 Å². The Bertz CT molecular complexity index is 1150. The number of aromatic nitrogens is 3. The van der Waals surface area contributed by atoms with E-state index in [1.165, 1.54) is 0 Å². The Labute approximate surface area is 162 Å². The molecule has 0 saturated carbocycles. The van der Waals surface area contributed by atoms with Crippen LogP contribution in [0.2, 0.25) is 0 Å². The molecule has 4 rings (SSSR count). The monoisotopic (exact) mass is 375 g/mol. The average molecular weight is 375 g/mol. The van der Waals surface area contributed by atoms with Gasteiger partial charge in [0, 0.05) is 24.2 Å². The highest BCUT2D eigenvalue weighted by molar-refractivity contribution is 5.97. The highest BCUT2D eigenvalue weighted by Crippen LogP contribution is 2.25. The highest BCUT2D eigenvalue weighted by Gasteiger charge is 2.15. The van der Waals surface area contributed by atoms with E-state index in [2.05, 4.69) is 10.4 Å². The topological polar surface area (TPSA) is 71.8 Å². The Balaban J connectivity index is 1.60. The zero-order valence-electron chi connectivity index (χ0n) is 16.0. The summed E-state index contributed by atoms with van der Waals surface area (Å²) < 4.78 is 6.97. The Kier molecular flexibility index (Phi) is 4.57. The van der Waals surface area contributed by atoms with Crippen LogP contribution in [0.5, 0.6) is 5.75 Å². The zero-order chi connectivity index (χ0) is 19.7. The van der Waals surface area contributed by atoms with E-state index in [9.17, 15) is 4.79 Å². The van der Waals surface area contributed by atoms with Crippen LogP contribution in [0, 0.1) is 6.92 Å². The van der Waals surface area contributed by atoms with Crippen molar-refractivity contribution >= 4 is 34.0 Å². The van der Waals surface area contributed by atoms with E-state index < -0.39 is 0 Å². The fraction of sp³-hybridized carbons (Fsp3) is 0.190. The number of likely N-dealkylation sites (N-methyl/N-ethyl adjacent to an activating group) is 1. The van der Waals surface area contributed by atoms with E-state index in [1.807, 2.05) is 78.0 Å². The molecule has 0 saturated heterocycles. The van der Waals surface area contributed by atoms with Gasteiger partial charge in [-0.05, 0) is 43.3 Å². The molecular formula is C21H21N5O2. The maximum absolute atomic E-state index is 12.5. The van der Waals surface area contributed by atoms with Crippen molar-refractivity contribution in [3.05, 3.63) is 60.3 Å². The zero-order valence-corrected chi connectivity index (χ0v) is 16.0. The molecule has 0 bridgehead atoms. The number of rotatable bonds is 5. The molecule has 28 heavy (non-hydrogen) atoms. The number of nitrogens with one attached hydrogen (secondary N) is 1. The first-order valence-corrected chi connectivity index (χ1v) is 8.95. The van der Waals surface area contributed by atoms with Gasteiger partial charge in [0.05, 0.1) is 24.9 Å². The van der Waals surface area contributed by atoms with Gasteiger partial charge in [0.25, 0.3) is 0 Å². The number of aryl methyl sites for hydroxylation is 1. The molecule has 0 aliphatic rings. The SMILES string of the molecule is COc1ccc(NC(=O)CN(C)c2nc3cc(C)nn3c3ccccc23)cc1. The maximum Gasteiger partial charge on any atom is 0.243 e. The molecule has 0 fully saturated rings. The molecule has 7 nitrogen and oxygen atoms in total. The van der Waals surface area contributed by atoms with Gasteiger partial charge in [0.2, 0.25) is 5.91 Å². The number of ether oxygens (including phenoxy) is 1.